The number of nitrogens with one attached hydrogen (secondary N) is 2. The zero-order valence-electron chi connectivity index (χ0n) is 10.2. The molecule has 0 radical (unpaired) electrons. The van der Waals surface area contributed by atoms with Crippen LogP contribution < -0.4 is 10.6 Å². The number of hydrogen-bond donors (Lipinski definition) is 2. The average Bonchev–Trinajstić information content (AvgIpc) is 2.38. The van der Waals surface area contributed by atoms with Crippen LogP contribution in [0.25, 0.3) is 0 Å². The molecule has 0 aliphatic rings. The van der Waals surface area contributed by atoms with Crippen molar-refractivity contribution in [2.24, 2.45) is 0 Å². The van der Waals surface area contributed by atoms with Gasteiger partial charge in [-0.25, -0.2) is 4.79 Å². The molecule has 0 aliphatic heterocycles. The van der Waals surface area contributed by atoms with Gasteiger partial charge in [-0.05, 0) is 25.1 Å². The van der Waals surface area contributed by atoms with Crippen molar-refractivity contribution >= 4 is 11.8 Å². The summed E-state index contributed by atoms with van der Waals surface area (Å²) >= 11 is 0. The van der Waals surface area contributed by atoms with Gasteiger partial charge < -0.3 is 15.4 Å². The number of esters is 1. The molecule has 6 nitrogen and oxygen atoms in total. The van der Waals surface area contributed by atoms with Crippen molar-refractivity contribution in [1.29, 1.82) is 0 Å². The average molecular weight is 238 g/mol. The molecule has 0 unspecified atom stereocenters. The zero-order chi connectivity index (χ0) is 12.5. The van der Waals surface area contributed by atoms with Crippen LogP contribution >= 0.6 is 0 Å². The molecule has 1 aromatic rings. The van der Waals surface area contributed by atoms with Crippen molar-refractivity contribution in [2.45, 2.75) is 13.3 Å². The first-order valence-corrected chi connectivity index (χ1v) is 5.64. The standard InChI is InChI=1S/C11H18N4O2/c1-3-6-12-7-8-13-10-5-4-9(14-15-10)11(16)17-2/h4-5,12H,3,6-8H2,1-2H3,(H,13,15). The van der Waals surface area contributed by atoms with Crippen LogP contribution in [0, 0.1) is 0 Å². The lowest BCUT2D eigenvalue weighted by Crippen LogP contribution is -2.23. The summed E-state index contributed by atoms with van der Waals surface area (Å²) in [7, 11) is 1.32. The van der Waals surface area contributed by atoms with E-state index in [0.29, 0.717) is 5.82 Å². The molecule has 17 heavy (non-hydrogen) atoms. The second-order valence-corrected chi connectivity index (χ2v) is 3.47. The minimum Gasteiger partial charge on any atom is -0.464 e. The number of carbonyl (C=O) groups excluding carboxylic acids is 1. The van der Waals surface area contributed by atoms with Crippen LogP contribution in [0.4, 0.5) is 5.82 Å². The quantitative estimate of drug-likeness (QED) is 0.537. The van der Waals surface area contributed by atoms with Gasteiger partial charge in [-0.1, -0.05) is 6.92 Å². The van der Waals surface area contributed by atoms with Crippen molar-refractivity contribution < 1.29 is 9.53 Å². The van der Waals surface area contributed by atoms with Crippen LogP contribution in [0.3, 0.4) is 0 Å². The maximum atomic E-state index is 11.1. The Morgan fingerprint density at radius 3 is 2.71 bits per heavy atom. The van der Waals surface area contributed by atoms with Gasteiger partial charge in [-0.15, -0.1) is 10.2 Å². The van der Waals surface area contributed by atoms with E-state index in [2.05, 4.69) is 32.5 Å². The summed E-state index contributed by atoms with van der Waals surface area (Å²) in [5.41, 5.74) is 0.210. The topological polar surface area (TPSA) is 76.1 Å². The molecular formula is C11H18N4O2. The highest BCUT2D eigenvalue weighted by Crippen LogP contribution is 2.02. The Hall–Kier alpha value is -1.69. The Morgan fingerprint density at radius 1 is 1.29 bits per heavy atom. The monoisotopic (exact) mass is 238 g/mol. The molecule has 94 valence electrons. The molecule has 0 saturated heterocycles. The first-order valence-electron chi connectivity index (χ1n) is 5.64. The predicted octanol–water partition coefficient (Wildman–Crippen LogP) is 0.675. The molecule has 0 amide bonds. The van der Waals surface area contributed by atoms with Crippen LogP contribution in [0.15, 0.2) is 12.1 Å². The molecule has 0 atom stereocenters. The van der Waals surface area contributed by atoms with Crippen molar-refractivity contribution in [3.8, 4) is 0 Å². The molecule has 1 rings (SSSR count). The minimum absolute atomic E-state index is 0.210. The third-order valence-corrected chi connectivity index (χ3v) is 2.09. The first kappa shape index (κ1) is 13.4. The Labute approximate surface area is 101 Å². The summed E-state index contributed by atoms with van der Waals surface area (Å²) in [5, 5.41) is 14.0. The summed E-state index contributed by atoms with van der Waals surface area (Å²) in [6, 6.07) is 3.29. The number of aromatic nitrogens is 2. The van der Waals surface area contributed by atoms with Crippen LogP contribution in [0.1, 0.15) is 23.8 Å². The van der Waals surface area contributed by atoms with Crippen molar-refractivity contribution in [2.75, 3.05) is 32.1 Å². The number of hydrogen-bond acceptors (Lipinski definition) is 6. The van der Waals surface area contributed by atoms with Gasteiger partial charge in [0.1, 0.15) is 5.82 Å². The lowest BCUT2D eigenvalue weighted by Gasteiger charge is -2.05. The second kappa shape index (κ2) is 7.56. The first-order chi connectivity index (χ1) is 8.27. The molecule has 0 fully saturated rings. The van der Waals surface area contributed by atoms with E-state index in [0.717, 1.165) is 26.1 Å². The number of rotatable bonds is 7. The Bertz CT molecular complexity index is 340. The normalized spacial score (nSPS) is 10.0. The van der Waals surface area contributed by atoms with Crippen LogP contribution in [-0.4, -0.2) is 42.9 Å². The van der Waals surface area contributed by atoms with Crippen molar-refractivity contribution in [3.05, 3.63) is 17.8 Å². The van der Waals surface area contributed by atoms with Gasteiger partial charge >= 0.3 is 5.97 Å². The lowest BCUT2D eigenvalue weighted by atomic mass is 10.4. The van der Waals surface area contributed by atoms with E-state index in [1.807, 2.05) is 0 Å². The molecule has 0 bridgehead atoms. The van der Waals surface area contributed by atoms with E-state index < -0.39 is 5.97 Å². The lowest BCUT2D eigenvalue weighted by molar-refractivity contribution is 0.0593. The van der Waals surface area contributed by atoms with E-state index in [4.69, 9.17) is 0 Å². The van der Waals surface area contributed by atoms with Crippen molar-refractivity contribution in [3.63, 3.8) is 0 Å². The SMILES string of the molecule is CCCNCCNc1ccc(C(=O)OC)nn1. The highest BCUT2D eigenvalue weighted by atomic mass is 16.5. The number of ether oxygens (including phenoxy) is 1. The van der Waals surface area contributed by atoms with E-state index >= 15 is 0 Å². The molecule has 2 N–H and O–H groups in total. The maximum Gasteiger partial charge on any atom is 0.358 e. The fraction of sp³-hybridized carbons (Fsp3) is 0.545. The molecule has 0 aliphatic carbocycles. The smallest absolute Gasteiger partial charge is 0.358 e. The Morgan fingerprint density at radius 2 is 2.12 bits per heavy atom. The van der Waals surface area contributed by atoms with Gasteiger partial charge in [0.15, 0.2) is 5.69 Å². The Kier molecular flexibility index (Phi) is 5.95. The molecular weight excluding hydrogens is 220 g/mol. The van der Waals surface area contributed by atoms with Gasteiger partial charge in [0.2, 0.25) is 0 Å². The van der Waals surface area contributed by atoms with Crippen molar-refractivity contribution in [1.82, 2.24) is 15.5 Å². The van der Waals surface area contributed by atoms with Gasteiger partial charge in [-0.3, -0.25) is 0 Å². The van der Waals surface area contributed by atoms with Gasteiger partial charge in [-0.2, -0.15) is 0 Å². The van der Waals surface area contributed by atoms with Crippen LogP contribution in [0.2, 0.25) is 0 Å². The highest BCUT2D eigenvalue weighted by molar-refractivity contribution is 5.86. The number of nitrogens with zero attached hydrogens (tertiary/aromatic N) is 2. The highest BCUT2D eigenvalue weighted by Gasteiger charge is 2.06. The summed E-state index contributed by atoms with van der Waals surface area (Å²) in [5.74, 6) is 0.171. The Balaban J connectivity index is 2.33. The zero-order valence-corrected chi connectivity index (χ0v) is 10.2. The fourth-order valence-electron chi connectivity index (χ4n) is 1.22. The van der Waals surface area contributed by atoms with Crippen LogP contribution in [-0.2, 0) is 4.74 Å². The predicted molar refractivity (Wildman–Crippen MR) is 65.0 cm³/mol. The maximum absolute atomic E-state index is 11.1. The van der Waals surface area contributed by atoms with E-state index in [1.54, 1.807) is 12.1 Å². The molecule has 1 heterocycles. The summed E-state index contributed by atoms with van der Waals surface area (Å²) in [6.07, 6.45) is 1.12. The van der Waals surface area contributed by atoms with E-state index in [-0.39, 0.29) is 5.69 Å². The largest absolute Gasteiger partial charge is 0.464 e. The number of carbonyl (C=O) groups is 1. The number of anilines is 1. The third-order valence-electron chi connectivity index (χ3n) is 2.09. The fourth-order valence-corrected chi connectivity index (χ4v) is 1.22. The molecule has 0 spiro atoms. The minimum atomic E-state index is -0.478. The molecule has 0 aromatic carbocycles. The molecule has 6 heteroatoms. The third kappa shape index (κ3) is 4.78. The summed E-state index contributed by atoms with van der Waals surface area (Å²) in [4.78, 5) is 11.1. The summed E-state index contributed by atoms with van der Waals surface area (Å²) < 4.78 is 4.53. The van der Waals surface area contributed by atoms with E-state index in [9.17, 15) is 4.79 Å². The van der Waals surface area contributed by atoms with E-state index in [1.165, 1.54) is 7.11 Å². The van der Waals surface area contributed by atoms with Gasteiger partial charge in [0, 0.05) is 13.1 Å². The van der Waals surface area contributed by atoms with Crippen LogP contribution in [0.5, 0.6) is 0 Å². The summed E-state index contributed by atoms with van der Waals surface area (Å²) in [6.45, 7) is 4.77. The molecule has 1 aromatic heterocycles. The molecule has 0 saturated carbocycles. The number of methoxy groups -OCH3 is 1. The van der Waals surface area contributed by atoms with Gasteiger partial charge in [0.25, 0.3) is 0 Å². The second-order valence-electron chi connectivity index (χ2n) is 3.47. The van der Waals surface area contributed by atoms with Gasteiger partial charge in [0.05, 0.1) is 7.11 Å².